The summed E-state index contributed by atoms with van der Waals surface area (Å²) in [4.78, 5) is 23.5. The zero-order valence-electron chi connectivity index (χ0n) is 14.4. The van der Waals surface area contributed by atoms with Crippen LogP contribution < -0.4 is 15.4 Å². The first-order valence-corrected chi connectivity index (χ1v) is 9.74. The number of rotatable bonds is 6. The summed E-state index contributed by atoms with van der Waals surface area (Å²) in [6, 6.07) is 14.8. The molecule has 1 saturated heterocycles. The van der Waals surface area contributed by atoms with E-state index in [1.165, 1.54) is 18.2 Å². The molecule has 9 heteroatoms. The van der Waals surface area contributed by atoms with E-state index in [0.717, 1.165) is 4.31 Å². The fourth-order valence-corrected chi connectivity index (χ4v) is 4.01. The molecule has 1 aliphatic rings. The Kier molecular flexibility index (Phi) is 5.72. The van der Waals surface area contributed by atoms with Crippen molar-refractivity contribution in [3.05, 3.63) is 54.6 Å². The Hall–Kier alpha value is -2.91. The number of piperazine rings is 1. The first-order chi connectivity index (χ1) is 12.9. The van der Waals surface area contributed by atoms with Gasteiger partial charge < -0.3 is 15.4 Å². The van der Waals surface area contributed by atoms with Crippen LogP contribution in [-0.2, 0) is 19.6 Å². The highest BCUT2D eigenvalue weighted by atomic mass is 32.2. The molecule has 0 atom stereocenters. The lowest BCUT2D eigenvalue weighted by atomic mass is 10.3. The van der Waals surface area contributed by atoms with Gasteiger partial charge in [0.1, 0.15) is 5.75 Å². The molecule has 1 heterocycles. The van der Waals surface area contributed by atoms with E-state index in [1.807, 2.05) is 6.07 Å². The molecule has 2 aromatic rings. The Morgan fingerprint density at radius 1 is 1.15 bits per heavy atom. The molecule has 1 aliphatic heterocycles. The van der Waals surface area contributed by atoms with Gasteiger partial charge >= 0.3 is 0 Å². The Morgan fingerprint density at radius 2 is 1.93 bits per heavy atom. The zero-order valence-corrected chi connectivity index (χ0v) is 15.2. The van der Waals surface area contributed by atoms with Crippen molar-refractivity contribution < 1.29 is 22.7 Å². The van der Waals surface area contributed by atoms with Gasteiger partial charge in [-0.05, 0) is 30.3 Å². The molecule has 0 unspecified atom stereocenters. The second kappa shape index (κ2) is 8.19. The number of nitrogens with zero attached hydrogens (tertiary/aromatic N) is 1. The number of hydrogen-bond donors (Lipinski definition) is 2. The van der Waals surface area contributed by atoms with E-state index in [4.69, 9.17) is 4.74 Å². The monoisotopic (exact) mass is 389 g/mol. The van der Waals surface area contributed by atoms with Crippen molar-refractivity contribution in [3.63, 3.8) is 0 Å². The average Bonchev–Trinajstić information content (AvgIpc) is 2.67. The first-order valence-electron chi connectivity index (χ1n) is 8.30. The van der Waals surface area contributed by atoms with Crippen molar-refractivity contribution >= 4 is 27.5 Å². The van der Waals surface area contributed by atoms with Crippen molar-refractivity contribution in [2.45, 2.75) is 4.90 Å². The number of para-hydroxylation sites is 1. The molecule has 2 aromatic carbocycles. The third-order valence-electron chi connectivity index (χ3n) is 3.87. The highest BCUT2D eigenvalue weighted by Gasteiger charge is 2.29. The number of ether oxygens (including phenoxy) is 1. The van der Waals surface area contributed by atoms with Crippen LogP contribution in [0.15, 0.2) is 59.5 Å². The van der Waals surface area contributed by atoms with Gasteiger partial charge in [-0.15, -0.1) is 0 Å². The number of carbonyl (C=O) groups excluding carboxylic acids is 2. The van der Waals surface area contributed by atoms with E-state index in [-0.39, 0.29) is 37.0 Å². The molecule has 0 saturated carbocycles. The van der Waals surface area contributed by atoms with Crippen molar-refractivity contribution in [2.75, 3.05) is 31.6 Å². The smallest absolute Gasteiger partial charge is 0.262 e. The number of carbonyl (C=O) groups is 2. The predicted molar refractivity (Wildman–Crippen MR) is 98.8 cm³/mol. The average molecular weight is 389 g/mol. The van der Waals surface area contributed by atoms with Crippen molar-refractivity contribution in [2.24, 2.45) is 0 Å². The van der Waals surface area contributed by atoms with Crippen LogP contribution in [0.3, 0.4) is 0 Å². The molecule has 0 bridgehead atoms. The summed E-state index contributed by atoms with van der Waals surface area (Å²) in [5, 5.41) is 5.19. The molecule has 8 nitrogen and oxygen atoms in total. The molecular weight excluding hydrogens is 370 g/mol. The van der Waals surface area contributed by atoms with Gasteiger partial charge in [0.2, 0.25) is 15.9 Å². The topological polar surface area (TPSA) is 105 Å². The Morgan fingerprint density at radius 3 is 2.67 bits per heavy atom. The summed E-state index contributed by atoms with van der Waals surface area (Å²) >= 11 is 0. The number of nitrogens with one attached hydrogen (secondary N) is 2. The first kappa shape index (κ1) is 18.9. The number of amides is 2. The fourth-order valence-electron chi connectivity index (χ4n) is 2.57. The molecule has 27 heavy (non-hydrogen) atoms. The minimum Gasteiger partial charge on any atom is -0.484 e. The maximum atomic E-state index is 12.7. The van der Waals surface area contributed by atoms with Gasteiger partial charge in [0.25, 0.3) is 5.91 Å². The number of hydrogen-bond acceptors (Lipinski definition) is 5. The molecule has 0 aliphatic carbocycles. The van der Waals surface area contributed by atoms with Crippen LogP contribution in [0, 0.1) is 0 Å². The van der Waals surface area contributed by atoms with Crippen molar-refractivity contribution in [1.29, 1.82) is 0 Å². The summed E-state index contributed by atoms with van der Waals surface area (Å²) in [7, 11) is -3.82. The van der Waals surface area contributed by atoms with Gasteiger partial charge in [-0.1, -0.05) is 24.3 Å². The molecule has 3 rings (SSSR count). The number of benzene rings is 2. The summed E-state index contributed by atoms with van der Waals surface area (Å²) in [6.45, 7) is 0.0536. The zero-order chi connectivity index (χ0) is 19.3. The molecule has 1 fully saturated rings. The van der Waals surface area contributed by atoms with Crippen molar-refractivity contribution in [1.82, 2.24) is 9.62 Å². The van der Waals surface area contributed by atoms with Crippen LogP contribution in [0.25, 0.3) is 0 Å². The lowest BCUT2D eigenvalue weighted by Crippen LogP contribution is -2.49. The third kappa shape index (κ3) is 4.83. The maximum Gasteiger partial charge on any atom is 0.262 e. The van der Waals surface area contributed by atoms with Gasteiger partial charge in [0.15, 0.2) is 6.61 Å². The number of sulfonamides is 1. The standard InChI is InChI=1S/C18H19N3O5S/c22-17-12-21(10-9-19-17)27(24,25)16-8-4-5-14(11-16)20-18(23)13-26-15-6-2-1-3-7-15/h1-8,11H,9-10,12-13H2,(H,19,22)(H,20,23). The Bertz CT molecular complexity index is 931. The minimum atomic E-state index is -3.82. The van der Waals surface area contributed by atoms with E-state index in [2.05, 4.69) is 10.6 Å². The van der Waals surface area contributed by atoms with Crippen molar-refractivity contribution in [3.8, 4) is 5.75 Å². The van der Waals surface area contributed by atoms with Crippen LogP contribution in [0.1, 0.15) is 0 Å². The molecule has 2 amide bonds. The van der Waals surface area contributed by atoms with Gasteiger partial charge in [-0.3, -0.25) is 9.59 Å². The van der Waals surface area contributed by atoms with E-state index in [9.17, 15) is 18.0 Å². The highest BCUT2D eigenvalue weighted by Crippen LogP contribution is 2.20. The molecule has 142 valence electrons. The lowest BCUT2D eigenvalue weighted by Gasteiger charge is -2.26. The summed E-state index contributed by atoms with van der Waals surface area (Å²) in [5.74, 6) is -0.189. The van der Waals surface area contributed by atoms with E-state index in [0.29, 0.717) is 11.4 Å². The van der Waals surface area contributed by atoms with Crippen LogP contribution in [0.2, 0.25) is 0 Å². The Labute approximate surface area is 157 Å². The van der Waals surface area contributed by atoms with Crippen LogP contribution in [-0.4, -0.2) is 50.8 Å². The molecule has 0 radical (unpaired) electrons. The molecular formula is C18H19N3O5S. The van der Waals surface area contributed by atoms with Gasteiger partial charge in [0.05, 0.1) is 11.4 Å². The van der Waals surface area contributed by atoms with Gasteiger partial charge in [-0.25, -0.2) is 8.42 Å². The summed E-state index contributed by atoms with van der Waals surface area (Å²) < 4.78 is 31.9. The minimum absolute atomic E-state index is 0.0129. The van der Waals surface area contributed by atoms with Crippen LogP contribution >= 0.6 is 0 Å². The number of anilines is 1. The molecule has 0 spiro atoms. The second-order valence-electron chi connectivity index (χ2n) is 5.87. The highest BCUT2D eigenvalue weighted by molar-refractivity contribution is 7.89. The summed E-state index contributed by atoms with van der Waals surface area (Å²) in [6.07, 6.45) is 0. The van der Waals surface area contributed by atoms with Gasteiger partial charge in [0, 0.05) is 18.8 Å². The lowest BCUT2D eigenvalue weighted by molar-refractivity contribution is -0.122. The molecule has 2 N–H and O–H groups in total. The SMILES string of the molecule is O=C1CN(S(=O)(=O)c2cccc(NC(=O)COc3ccccc3)c2)CCN1. The molecule has 0 aromatic heterocycles. The van der Waals surface area contributed by atoms with Gasteiger partial charge in [-0.2, -0.15) is 4.31 Å². The van der Waals surface area contributed by atoms with Crippen LogP contribution in [0.5, 0.6) is 5.75 Å². The quantitative estimate of drug-likeness (QED) is 0.761. The summed E-state index contributed by atoms with van der Waals surface area (Å²) in [5.41, 5.74) is 0.333. The predicted octanol–water partition coefficient (Wildman–Crippen LogP) is 0.825. The normalized spacial score (nSPS) is 15.0. The second-order valence-corrected chi connectivity index (χ2v) is 7.80. The van der Waals surface area contributed by atoms with E-state index >= 15 is 0 Å². The largest absolute Gasteiger partial charge is 0.484 e. The maximum absolute atomic E-state index is 12.7. The van der Waals surface area contributed by atoms with E-state index < -0.39 is 15.9 Å². The van der Waals surface area contributed by atoms with Crippen LogP contribution in [0.4, 0.5) is 5.69 Å². The Balaban J connectivity index is 1.66. The fraction of sp³-hybridized carbons (Fsp3) is 0.222. The van der Waals surface area contributed by atoms with E-state index in [1.54, 1.807) is 30.3 Å². The third-order valence-corrected chi connectivity index (χ3v) is 5.71.